The molecular formula is C12H14FNO2. The molecule has 1 aromatic rings. The lowest BCUT2D eigenvalue weighted by Crippen LogP contribution is -2.04. The predicted molar refractivity (Wildman–Crippen MR) is 60.4 cm³/mol. The van der Waals surface area contributed by atoms with Crippen molar-refractivity contribution in [2.24, 2.45) is 0 Å². The van der Waals surface area contributed by atoms with Crippen molar-refractivity contribution < 1.29 is 13.9 Å². The van der Waals surface area contributed by atoms with Crippen LogP contribution in [0.2, 0.25) is 0 Å². The summed E-state index contributed by atoms with van der Waals surface area (Å²) in [4.78, 5) is 11.1. The van der Waals surface area contributed by atoms with Crippen molar-refractivity contribution in [2.45, 2.75) is 13.8 Å². The van der Waals surface area contributed by atoms with Crippen LogP contribution >= 0.6 is 0 Å². The zero-order valence-corrected chi connectivity index (χ0v) is 9.29. The van der Waals surface area contributed by atoms with Gasteiger partial charge in [0.1, 0.15) is 5.82 Å². The first kappa shape index (κ1) is 12.2. The first-order chi connectivity index (χ1) is 7.61. The summed E-state index contributed by atoms with van der Waals surface area (Å²) in [5.74, 6) is -0.688. The molecule has 0 spiro atoms. The second-order valence-electron chi connectivity index (χ2n) is 3.21. The molecule has 0 saturated carbocycles. The number of anilines is 1. The number of carbonyl (C=O) groups is 1. The fourth-order valence-corrected chi connectivity index (χ4v) is 1.16. The quantitative estimate of drug-likeness (QED) is 0.630. The molecule has 0 saturated heterocycles. The molecule has 0 unspecified atom stereocenters. The van der Waals surface area contributed by atoms with Gasteiger partial charge in [0, 0.05) is 17.5 Å². The van der Waals surface area contributed by atoms with E-state index in [1.165, 1.54) is 18.2 Å². The van der Waals surface area contributed by atoms with Crippen molar-refractivity contribution in [3.8, 4) is 0 Å². The summed E-state index contributed by atoms with van der Waals surface area (Å²) in [7, 11) is 0. The summed E-state index contributed by atoms with van der Waals surface area (Å²) >= 11 is 0. The number of halogens is 1. The van der Waals surface area contributed by atoms with E-state index in [4.69, 9.17) is 4.74 Å². The normalized spacial score (nSPS) is 11.1. The average Bonchev–Trinajstić information content (AvgIpc) is 2.21. The fraction of sp³-hybridized carbons (Fsp3) is 0.250. The highest BCUT2D eigenvalue weighted by Gasteiger charge is 1.98. The van der Waals surface area contributed by atoms with E-state index in [2.05, 4.69) is 5.32 Å². The second kappa shape index (κ2) is 5.90. The number of carbonyl (C=O) groups excluding carboxylic acids is 1. The van der Waals surface area contributed by atoms with Gasteiger partial charge in [-0.1, -0.05) is 0 Å². The Morgan fingerprint density at radius 1 is 1.44 bits per heavy atom. The van der Waals surface area contributed by atoms with Crippen molar-refractivity contribution in [1.29, 1.82) is 0 Å². The molecule has 1 aromatic carbocycles. The molecule has 0 heterocycles. The van der Waals surface area contributed by atoms with Crippen LogP contribution in [0.3, 0.4) is 0 Å². The lowest BCUT2D eigenvalue weighted by atomic mass is 10.3. The molecule has 0 atom stereocenters. The Bertz CT molecular complexity index is 385. The maximum Gasteiger partial charge on any atom is 0.332 e. The van der Waals surface area contributed by atoms with E-state index in [9.17, 15) is 9.18 Å². The number of rotatable bonds is 4. The van der Waals surface area contributed by atoms with Crippen LogP contribution in [0.15, 0.2) is 36.0 Å². The standard InChI is InChI=1S/C12H14FNO2/c1-3-16-12(15)8-9(2)14-11-6-4-10(13)5-7-11/h4-8,14H,3H2,1-2H3. The van der Waals surface area contributed by atoms with E-state index < -0.39 is 5.97 Å². The minimum atomic E-state index is -0.394. The average molecular weight is 223 g/mol. The van der Waals surface area contributed by atoms with Crippen LogP contribution in [-0.2, 0) is 9.53 Å². The Balaban J connectivity index is 2.60. The third-order valence-electron chi connectivity index (χ3n) is 1.81. The molecule has 1 N–H and O–H groups in total. The van der Waals surface area contributed by atoms with Gasteiger partial charge in [-0.2, -0.15) is 0 Å². The minimum Gasteiger partial charge on any atom is -0.463 e. The van der Waals surface area contributed by atoms with Gasteiger partial charge in [0.05, 0.1) is 6.61 Å². The molecule has 0 radical (unpaired) electrons. The molecule has 0 bridgehead atoms. The van der Waals surface area contributed by atoms with Gasteiger partial charge in [0.2, 0.25) is 0 Å². The predicted octanol–water partition coefficient (Wildman–Crippen LogP) is 2.70. The topological polar surface area (TPSA) is 38.3 Å². The molecule has 3 nitrogen and oxygen atoms in total. The Hall–Kier alpha value is -1.84. The minimum absolute atomic E-state index is 0.294. The van der Waals surface area contributed by atoms with Gasteiger partial charge >= 0.3 is 5.97 Å². The Morgan fingerprint density at radius 3 is 2.62 bits per heavy atom. The monoisotopic (exact) mass is 223 g/mol. The van der Waals surface area contributed by atoms with Gasteiger partial charge in [-0.05, 0) is 38.1 Å². The lowest BCUT2D eigenvalue weighted by molar-refractivity contribution is -0.137. The number of benzene rings is 1. The molecule has 0 amide bonds. The first-order valence-corrected chi connectivity index (χ1v) is 4.99. The van der Waals surface area contributed by atoms with E-state index >= 15 is 0 Å². The van der Waals surface area contributed by atoms with Crippen LogP contribution in [0.4, 0.5) is 10.1 Å². The SMILES string of the molecule is CCOC(=O)C=C(C)Nc1ccc(F)cc1. The van der Waals surface area contributed by atoms with E-state index in [0.717, 1.165) is 5.69 Å². The molecular weight excluding hydrogens is 209 g/mol. The molecule has 0 aliphatic carbocycles. The van der Waals surface area contributed by atoms with Gasteiger partial charge in [-0.15, -0.1) is 0 Å². The summed E-state index contributed by atoms with van der Waals surface area (Å²) in [5.41, 5.74) is 1.37. The number of hydrogen-bond donors (Lipinski definition) is 1. The molecule has 0 aromatic heterocycles. The van der Waals surface area contributed by atoms with Crippen LogP contribution in [0.25, 0.3) is 0 Å². The third-order valence-corrected chi connectivity index (χ3v) is 1.81. The number of ether oxygens (including phenoxy) is 1. The number of hydrogen-bond acceptors (Lipinski definition) is 3. The molecule has 86 valence electrons. The fourth-order valence-electron chi connectivity index (χ4n) is 1.16. The molecule has 16 heavy (non-hydrogen) atoms. The van der Waals surface area contributed by atoms with Gasteiger partial charge in [-0.25, -0.2) is 9.18 Å². The lowest BCUT2D eigenvalue weighted by Gasteiger charge is -2.06. The second-order valence-corrected chi connectivity index (χ2v) is 3.21. The van der Waals surface area contributed by atoms with Crippen LogP contribution in [0.5, 0.6) is 0 Å². The van der Waals surface area contributed by atoms with Crippen LogP contribution in [0.1, 0.15) is 13.8 Å². The van der Waals surface area contributed by atoms with Crippen molar-refractivity contribution in [3.05, 3.63) is 41.9 Å². The van der Waals surface area contributed by atoms with Gasteiger partial charge in [0.25, 0.3) is 0 Å². The van der Waals surface area contributed by atoms with Crippen molar-refractivity contribution in [2.75, 3.05) is 11.9 Å². The molecule has 0 aliphatic rings. The largest absolute Gasteiger partial charge is 0.463 e. The maximum absolute atomic E-state index is 12.6. The highest BCUT2D eigenvalue weighted by Crippen LogP contribution is 2.10. The van der Waals surface area contributed by atoms with Crippen molar-refractivity contribution >= 4 is 11.7 Å². The molecule has 0 aliphatic heterocycles. The Kier molecular flexibility index (Phi) is 4.51. The highest BCUT2D eigenvalue weighted by molar-refractivity contribution is 5.83. The Labute approximate surface area is 93.9 Å². The van der Waals surface area contributed by atoms with Gasteiger partial charge in [-0.3, -0.25) is 0 Å². The van der Waals surface area contributed by atoms with E-state index in [1.807, 2.05) is 0 Å². The van der Waals surface area contributed by atoms with Gasteiger partial charge < -0.3 is 10.1 Å². The maximum atomic E-state index is 12.6. The summed E-state index contributed by atoms with van der Waals surface area (Å²) in [5, 5.41) is 2.95. The van der Waals surface area contributed by atoms with Crippen LogP contribution < -0.4 is 5.32 Å². The zero-order valence-electron chi connectivity index (χ0n) is 9.29. The number of allylic oxidation sites excluding steroid dienone is 1. The molecule has 4 heteroatoms. The molecule has 1 rings (SSSR count). The first-order valence-electron chi connectivity index (χ1n) is 4.99. The zero-order chi connectivity index (χ0) is 12.0. The summed E-state index contributed by atoms with van der Waals surface area (Å²) in [6, 6.07) is 5.88. The van der Waals surface area contributed by atoms with E-state index in [0.29, 0.717) is 12.3 Å². The van der Waals surface area contributed by atoms with Crippen LogP contribution in [0, 0.1) is 5.82 Å². The summed E-state index contributed by atoms with van der Waals surface area (Å²) < 4.78 is 17.4. The smallest absolute Gasteiger partial charge is 0.332 e. The van der Waals surface area contributed by atoms with Crippen molar-refractivity contribution in [3.63, 3.8) is 0 Å². The summed E-state index contributed by atoms with van der Waals surface area (Å²) in [6.45, 7) is 3.83. The van der Waals surface area contributed by atoms with E-state index in [1.54, 1.807) is 26.0 Å². The number of esters is 1. The Morgan fingerprint density at radius 2 is 2.06 bits per heavy atom. The molecule has 0 fully saturated rings. The van der Waals surface area contributed by atoms with Gasteiger partial charge in [0.15, 0.2) is 0 Å². The summed E-state index contributed by atoms with van der Waals surface area (Å²) in [6.07, 6.45) is 1.35. The van der Waals surface area contributed by atoms with Crippen molar-refractivity contribution in [1.82, 2.24) is 0 Å². The highest BCUT2D eigenvalue weighted by atomic mass is 19.1. The number of nitrogens with one attached hydrogen (secondary N) is 1. The van der Waals surface area contributed by atoms with Crippen LogP contribution in [-0.4, -0.2) is 12.6 Å². The van der Waals surface area contributed by atoms with E-state index in [-0.39, 0.29) is 5.82 Å². The third kappa shape index (κ3) is 4.13.